The molecule has 1 aromatic carbocycles. The van der Waals surface area contributed by atoms with Gasteiger partial charge in [0.15, 0.2) is 0 Å². The van der Waals surface area contributed by atoms with E-state index >= 15 is 0 Å². The van der Waals surface area contributed by atoms with Crippen molar-refractivity contribution in [3.05, 3.63) is 23.8 Å². The van der Waals surface area contributed by atoms with Crippen LogP contribution in [-0.4, -0.2) is 51.3 Å². The summed E-state index contributed by atoms with van der Waals surface area (Å²) in [6, 6.07) is 5.53. The van der Waals surface area contributed by atoms with Crippen molar-refractivity contribution in [3.63, 3.8) is 0 Å². The first-order chi connectivity index (χ1) is 10.6. The Morgan fingerprint density at radius 2 is 1.55 bits per heavy atom. The molecule has 22 heavy (non-hydrogen) atoms. The van der Waals surface area contributed by atoms with Gasteiger partial charge >= 0.3 is 0 Å². The van der Waals surface area contributed by atoms with Crippen LogP contribution in [0.3, 0.4) is 0 Å². The predicted molar refractivity (Wildman–Crippen MR) is 84.7 cm³/mol. The molecule has 0 saturated heterocycles. The maximum absolute atomic E-state index is 12.7. The van der Waals surface area contributed by atoms with Crippen LogP contribution in [0, 0.1) is 0 Å². The molecule has 1 aliphatic rings. The van der Waals surface area contributed by atoms with Crippen LogP contribution in [-0.2, 0) is 4.74 Å². The summed E-state index contributed by atoms with van der Waals surface area (Å²) in [7, 11) is 6.78. The number of carbonyl (C=O) groups excluding carboxylic acids is 1. The highest BCUT2D eigenvalue weighted by Crippen LogP contribution is 2.27. The topological polar surface area (TPSA) is 48.0 Å². The van der Waals surface area contributed by atoms with E-state index < -0.39 is 0 Å². The lowest BCUT2D eigenvalue weighted by molar-refractivity contribution is 0.0386. The Bertz CT molecular complexity index is 487. The molecule has 0 aliphatic heterocycles. The van der Waals surface area contributed by atoms with E-state index in [2.05, 4.69) is 0 Å². The molecule has 2 rings (SSSR count). The smallest absolute Gasteiger partial charge is 0.254 e. The molecular weight excluding hydrogens is 282 g/mol. The Hall–Kier alpha value is -1.75. The lowest BCUT2D eigenvalue weighted by Crippen LogP contribution is -2.40. The van der Waals surface area contributed by atoms with Gasteiger partial charge in [-0.05, 0) is 37.8 Å². The van der Waals surface area contributed by atoms with Gasteiger partial charge in [0.1, 0.15) is 11.5 Å². The lowest BCUT2D eigenvalue weighted by Gasteiger charge is -2.34. The monoisotopic (exact) mass is 307 g/mol. The molecule has 0 spiro atoms. The summed E-state index contributed by atoms with van der Waals surface area (Å²) in [5.74, 6) is 1.25. The van der Waals surface area contributed by atoms with E-state index in [-0.39, 0.29) is 11.9 Å². The van der Waals surface area contributed by atoms with Gasteiger partial charge in [0, 0.05) is 31.8 Å². The molecule has 1 amide bonds. The number of benzene rings is 1. The summed E-state index contributed by atoms with van der Waals surface area (Å²) in [6.45, 7) is 0. The molecule has 1 saturated carbocycles. The fourth-order valence-corrected chi connectivity index (χ4v) is 2.97. The second kappa shape index (κ2) is 7.49. The van der Waals surface area contributed by atoms with E-state index in [9.17, 15) is 4.79 Å². The molecule has 0 bridgehead atoms. The van der Waals surface area contributed by atoms with Crippen molar-refractivity contribution in [2.45, 2.75) is 37.8 Å². The first-order valence-electron chi connectivity index (χ1n) is 7.62. The Labute approximate surface area is 132 Å². The quantitative estimate of drug-likeness (QED) is 0.839. The van der Waals surface area contributed by atoms with Gasteiger partial charge < -0.3 is 19.1 Å². The standard InChI is InChI=1S/C17H25NO4/c1-18(13-5-7-14(20-2)8-6-13)17(19)12-9-15(21-3)11-16(10-12)22-4/h9-11,13-14H,5-8H2,1-4H3. The normalized spacial score (nSPS) is 21.3. The second-order valence-electron chi connectivity index (χ2n) is 5.68. The van der Waals surface area contributed by atoms with Crippen molar-refractivity contribution < 1.29 is 19.0 Å². The van der Waals surface area contributed by atoms with Gasteiger partial charge in [-0.1, -0.05) is 0 Å². The summed E-state index contributed by atoms with van der Waals surface area (Å²) in [4.78, 5) is 14.5. The molecular formula is C17H25NO4. The van der Waals surface area contributed by atoms with Crippen molar-refractivity contribution in [1.82, 2.24) is 4.90 Å². The number of hydrogen-bond donors (Lipinski definition) is 0. The van der Waals surface area contributed by atoms with E-state index in [0.717, 1.165) is 25.7 Å². The lowest BCUT2D eigenvalue weighted by atomic mass is 9.91. The zero-order valence-corrected chi connectivity index (χ0v) is 13.8. The van der Waals surface area contributed by atoms with Gasteiger partial charge in [0.2, 0.25) is 0 Å². The van der Waals surface area contributed by atoms with Crippen molar-refractivity contribution in [2.75, 3.05) is 28.4 Å². The van der Waals surface area contributed by atoms with Crippen molar-refractivity contribution in [1.29, 1.82) is 0 Å². The number of rotatable bonds is 5. The molecule has 122 valence electrons. The molecule has 0 aromatic heterocycles. The summed E-state index contributed by atoms with van der Waals surface area (Å²) < 4.78 is 15.9. The Kier molecular flexibility index (Phi) is 5.66. The molecule has 5 heteroatoms. The molecule has 1 aliphatic carbocycles. The fourth-order valence-electron chi connectivity index (χ4n) is 2.97. The van der Waals surface area contributed by atoms with E-state index in [4.69, 9.17) is 14.2 Å². The average Bonchev–Trinajstić information content (AvgIpc) is 2.59. The van der Waals surface area contributed by atoms with Crippen LogP contribution in [0.2, 0.25) is 0 Å². The molecule has 0 atom stereocenters. The van der Waals surface area contributed by atoms with Crippen LogP contribution in [0.25, 0.3) is 0 Å². The Morgan fingerprint density at radius 1 is 1.00 bits per heavy atom. The zero-order chi connectivity index (χ0) is 16.1. The van der Waals surface area contributed by atoms with E-state index in [0.29, 0.717) is 23.2 Å². The third kappa shape index (κ3) is 3.71. The summed E-state index contributed by atoms with van der Waals surface area (Å²) in [5.41, 5.74) is 0.590. The van der Waals surface area contributed by atoms with Crippen LogP contribution < -0.4 is 9.47 Å². The highest BCUT2D eigenvalue weighted by molar-refractivity contribution is 5.95. The van der Waals surface area contributed by atoms with E-state index in [1.54, 1.807) is 39.5 Å². The SMILES string of the molecule is COc1cc(OC)cc(C(=O)N(C)C2CCC(OC)CC2)c1. The van der Waals surface area contributed by atoms with Gasteiger partial charge in [-0.3, -0.25) is 4.79 Å². The highest BCUT2D eigenvalue weighted by Gasteiger charge is 2.27. The number of amides is 1. The van der Waals surface area contributed by atoms with Crippen molar-refractivity contribution >= 4 is 5.91 Å². The Morgan fingerprint density at radius 3 is 2.00 bits per heavy atom. The second-order valence-corrected chi connectivity index (χ2v) is 5.68. The summed E-state index contributed by atoms with van der Waals surface area (Å²) >= 11 is 0. The molecule has 0 N–H and O–H groups in total. The summed E-state index contributed by atoms with van der Waals surface area (Å²) in [5, 5.41) is 0. The first-order valence-corrected chi connectivity index (χ1v) is 7.62. The third-order valence-corrected chi connectivity index (χ3v) is 4.44. The molecule has 1 aromatic rings. The molecule has 1 fully saturated rings. The minimum Gasteiger partial charge on any atom is -0.497 e. The number of hydrogen-bond acceptors (Lipinski definition) is 4. The van der Waals surface area contributed by atoms with Gasteiger partial charge in [0.05, 0.1) is 20.3 Å². The van der Waals surface area contributed by atoms with Gasteiger partial charge in [0.25, 0.3) is 5.91 Å². The molecule has 0 radical (unpaired) electrons. The fraction of sp³-hybridized carbons (Fsp3) is 0.588. The summed E-state index contributed by atoms with van der Waals surface area (Å²) in [6.07, 6.45) is 4.28. The average molecular weight is 307 g/mol. The van der Waals surface area contributed by atoms with Crippen LogP contribution in [0.5, 0.6) is 11.5 Å². The zero-order valence-electron chi connectivity index (χ0n) is 13.8. The molecule has 0 heterocycles. The first kappa shape index (κ1) is 16.6. The maximum Gasteiger partial charge on any atom is 0.254 e. The highest BCUT2D eigenvalue weighted by atomic mass is 16.5. The minimum atomic E-state index is -0.00179. The van der Waals surface area contributed by atoms with E-state index in [1.165, 1.54) is 0 Å². The Balaban J connectivity index is 2.10. The molecule has 0 unspecified atom stereocenters. The maximum atomic E-state index is 12.7. The van der Waals surface area contributed by atoms with E-state index in [1.807, 2.05) is 11.9 Å². The number of carbonyl (C=O) groups is 1. The van der Waals surface area contributed by atoms with Crippen LogP contribution in [0.15, 0.2) is 18.2 Å². The number of ether oxygens (including phenoxy) is 3. The van der Waals surface area contributed by atoms with Gasteiger partial charge in [-0.2, -0.15) is 0 Å². The third-order valence-electron chi connectivity index (χ3n) is 4.44. The molecule has 5 nitrogen and oxygen atoms in total. The predicted octanol–water partition coefficient (Wildman–Crippen LogP) is 2.73. The largest absolute Gasteiger partial charge is 0.497 e. The number of methoxy groups -OCH3 is 3. The van der Waals surface area contributed by atoms with Gasteiger partial charge in [-0.25, -0.2) is 0 Å². The van der Waals surface area contributed by atoms with Crippen molar-refractivity contribution in [3.8, 4) is 11.5 Å². The number of nitrogens with zero attached hydrogens (tertiary/aromatic N) is 1. The minimum absolute atomic E-state index is 0.00179. The van der Waals surface area contributed by atoms with Gasteiger partial charge in [-0.15, -0.1) is 0 Å². The van der Waals surface area contributed by atoms with Crippen LogP contribution >= 0.6 is 0 Å². The van der Waals surface area contributed by atoms with Crippen LogP contribution in [0.1, 0.15) is 36.0 Å². The van der Waals surface area contributed by atoms with Crippen molar-refractivity contribution in [2.24, 2.45) is 0 Å². The van der Waals surface area contributed by atoms with Crippen LogP contribution in [0.4, 0.5) is 0 Å².